The van der Waals surface area contributed by atoms with Gasteiger partial charge < -0.3 is 10.1 Å². The molecule has 0 spiro atoms. The van der Waals surface area contributed by atoms with Crippen molar-refractivity contribution in [2.45, 2.75) is 58.8 Å². The highest BCUT2D eigenvalue weighted by atomic mass is 32.1. The van der Waals surface area contributed by atoms with Crippen LogP contribution in [0.5, 0.6) is 0 Å². The summed E-state index contributed by atoms with van der Waals surface area (Å²) in [5.74, 6) is 0.844. The van der Waals surface area contributed by atoms with Crippen LogP contribution in [0.2, 0.25) is 0 Å². The summed E-state index contributed by atoms with van der Waals surface area (Å²) in [5.41, 5.74) is 0. The first-order valence-electron chi connectivity index (χ1n) is 7.17. The first-order valence-corrected chi connectivity index (χ1v) is 7.99. The molecule has 1 N–H and O–H groups in total. The molecule has 0 bridgehead atoms. The molecular formula is C15H25NOS. The lowest BCUT2D eigenvalue weighted by molar-refractivity contribution is 0.00591. The van der Waals surface area contributed by atoms with E-state index in [0.29, 0.717) is 6.10 Å². The minimum atomic E-state index is 0.494. The van der Waals surface area contributed by atoms with Gasteiger partial charge in [-0.05, 0) is 37.4 Å². The molecule has 0 radical (unpaired) electrons. The van der Waals surface area contributed by atoms with Crippen LogP contribution in [0.1, 0.15) is 49.3 Å². The molecule has 1 saturated carbocycles. The molecule has 1 aliphatic carbocycles. The molecule has 2 unspecified atom stereocenters. The second-order valence-corrected chi connectivity index (χ2v) is 6.61. The number of hydrogen-bond donors (Lipinski definition) is 1. The van der Waals surface area contributed by atoms with Gasteiger partial charge in [0.05, 0.1) is 12.7 Å². The van der Waals surface area contributed by atoms with Crippen molar-refractivity contribution in [3.05, 3.63) is 21.9 Å². The normalized spacial score (nSPS) is 24.3. The Morgan fingerprint density at radius 2 is 2.17 bits per heavy atom. The van der Waals surface area contributed by atoms with Crippen molar-refractivity contribution >= 4 is 11.3 Å². The smallest absolute Gasteiger partial charge is 0.0813 e. The molecule has 1 aromatic heterocycles. The van der Waals surface area contributed by atoms with Crippen molar-refractivity contribution in [3.8, 4) is 0 Å². The molecule has 1 heterocycles. The summed E-state index contributed by atoms with van der Waals surface area (Å²) >= 11 is 1.87. The van der Waals surface area contributed by atoms with Crippen LogP contribution < -0.4 is 5.32 Å². The van der Waals surface area contributed by atoms with Crippen LogP contribution >= 0.6 is 11.3 Å². The third kappa shape index (κ3) is 4.38. The Balaban J connectivity index is 1.74. The molecule has 0 amide bonds. The number of thiophene rings is 1. The summed E-state index contributed by atoms with van der Waals surface area (Å²) in [5, 5.41) is 3.36. The van der Waals surface area contributed by atoms with E-state index in [1.54, 1.807) is 0 Å². The van der Waals surface area contributed by atoms with E-state index in [-0.39, 0.29) is 0 Å². The summed E-state index contributed by atoms with van der Waals surface area (Å²) in [7, 11) is 0. The standard InChI is InChI=1S/C15H25NOS/c1-3-16-10-14-7-8-15(18-14)11-17-13-6-4-5-12(2)9-13/h7-8,12-13,16H,3-6,9-11H2,1-2H3. The summed E-state index contributed by atoms with van der Waals surface area (Å²) in [6.07, 6.45) is 5.71. The van der Waals surface area contributed by atoms with E-state index < -0.39 is 0 Å². The predicted octanol–water partition coefficient (Wildman–Crippen LogP) is 3.95. The Hall–Kier alpha value is -0.380. The van der Waals surface area contributed by atoms with Crippen LogP contribution in [0.3, 0.4) is 0 Å². The monoisotopic (exact) mass is 267 g/mol. The number of hydrogen-bond acceptors (Lipinski definition) is 3. The summed E-state index contributed by atoms with van der Waals surface area (Å²) < 4.78 is 6.05. The highest BCUT2D eigenvalue weighted by Gasteiger charge is 2.19. The van der Waals surface area contributed by atoms with Crippen LogP contribution in [0, 0.1) is 5.92 Å². The van der Waals surface area contributed by atoms with Gasteiger partial charge in [0.1, 0.15) is 0 Å². The van der Waals surface area contributed by atoms with E-state index in [1.165, 1.54) is 35.4 Å². The fraction of sp³-hybridized carbons (Fsp3) is 0.733. The van der Waals surface area contributed by atoms with Crippen molar-refractivity contribution in [3.63, 3.8) is 0 Å². The Bertz CT molecular complexity index is 350. The second kappa shape index (κ2) is 7.27. The zero-order valence-corrected chi connectivity index (χ0v) is 12.4. The van der Waals surface area contributed by atoms with Gasteiger partial charge in [-0.15, -0.1) is 11.3 Å². The van der Waals surface area contributed by atoms with Gasteiger partial charge in [0.25, 0.3) is 0 Å². The third-order valence-corrected chi connectivity index (χ3v) is 4.67. The fourth-order valence-electron chi connectivity index (χ4n) is 2.57. The average Bonchev–Trinajstić information content (AvgIpc) is 2.82. The maximum atomic E-state index is 6.05. The molecule has 3 heteroatoms. The topological polar surface area (TPSA) is 21.3 Å². The molecule has 102 valence electrons. The van der Waals surface area contributed by atoms with E-state index in [2.05, 4.69) is 31.3 Å². The predicted molar refractivity (Wildman–Crippen MR) is 77.9 cm³/mol. The van der Waals surface area contributed by atoms with Gasteiger partial charge >= 0.3 is 0 Å². The number of ether oxygens (including phenoxy) is 1. The van der Waals surface area contributed by atoms with Gasteiger partial charge in [-0.3, -0.25) is 0 Å². The third-order valence-electron chi connectivity index (χ3n) is 3.62. The van der Waals surface area contributed by atoms with Gasteiger partial charge in [0.15, 0.2) is 0 Å². The van der Waals surface area contributed by atoms with E-state index in [9.17, 15) is 0 Å². The molecule has 0 aliphatic heterocycles. The largest absolute Gasteiger partial charge is 0.373 e. The lowest BCUT2D eigenvalue weighted by Crippen LogP contribution is -2.21. The van der Waals surface area contributed by atoms with Gasteiger partial charge in [0.2, 0.25) is 0 Å². The lowest BCUT2D eigenvalue weighted by atomic mass is 9.89. The van der Waals surface area contributed by atoms with Gasteiger partial charge in [-0.2, -0.15) is 0 Å². The summed E-state index contributed by atoms with van der Waals surface area (Å²) in [4.78, 5) is 2.77. The van der Waals surface area contributed by atoms with E-state index in [0.717, 1.165) is 25.6 Å². The highest BCUT2D eigenvalue weighted by molar-refractivity contribution is 7.11. The van der Waals surface area contributed by atoms with Gasteiger partial charge in [0, 0.05) is 16.3 Å². The molecule has 18 heavy (non-hydrogen) atoms. The van der Waals surface area contributed by atoms with E-state index in [1.807, 2.05) is 11.3 Å². The van der Waals surface area contributed by atoms with Crippen LogP contribution in [0.25, 0.3) is 0 Å². The van der Waals surface area contributed by atoms with Crippen molar-refractivity contribution in [1.82, 2.24) is 5.32 Å². The van der Waals surface area contributed by atoms with E-state index >= 15 is 0 Å². The molecule has 0 saturated heterocycles. The van der Waals surface area contributed by atoms with Crippen LogP contribution in [-0.4, -0.2) is 12.6 Å². The molecule has 2 atom stereocenters. The Morgan fingerprint density at radius 3 is 2.94 bits per heavy atom. The minimum absolute atomic E-state index is 0.494. The molecule has 2 rings (SSSR count). The Kier molecular flexibility index (Phi) is 5.67. The Labute approximate surface area is 115 Å². The zero-order chi connectivity index (χ0) is 12.8. The molecule has 1 aliphatic rings. The van der Waals surface area contributed by atoms with Gasteiger partial charge in [-0.25, -0.2) is 0 Å². The second-order valence-electron chi connectivity index (χ2n) is 5.35. The van der Waals surface area contributed by atoms with Crippen molar-refractivity contribution < 1.29 is 4.74 Å². The number of rotatable bonds is 6. The quantitative estimate of drug-likeness (QED) is 0.842. The van der Waals surface area contributed by atoms with Gasteiger partial charge in [-0.1, -0.05) is 26.7 Å². The van der Waals surface area contributed by atoms with Crippen LogP contribution in [-0.2, 0) is 17.9 Å². The first kappa shape index (κ1) is 14.0. The molecule has 1 aromatic rings. The van der Waals surface area contributed by atoms with Crippen molar-refractivity contribution in [2.75, 3.05) is 6.54 Å². The zero-order valence-electron chi connectivity index (χ0n) is 11.6. The summed E-state index contributed by atoms with van der Waals surface area (Å²) in [6.45, 7) is 7.30. The number of nitrogens with one attached hydrogen (secondary N) is 1. The maximum absolute atomic E-state index is 6.05. The van der Waals surface area contributed by atoms with Crippen LogP contribution in [0.4, 0.5) is 0 Å². The minimum Gasteiger partial charge on any atom is -0.373 e. The average molecular weight is 267 g/mol. The molecule has 1 fully saturated rings. The molecule has 0 aromatic carbocycles. The van der Waals surface area contributed by atoms with E-state index in [4.69, 9.17) is 4.74 Å². The first-order chi connectivity index (χ1) is 8.78. The SMILES string of the molecule is CCNCc1ccc(COC2CCCC(C)C2)s1. The lowest BCUT2D eigenvalue weighted by Gasteiger charge is -2.26. The molecular weight excluding hydrogens is 242 g/mol. The Morgan fingerprint density at radius 1 is 1.33 bits per heavy atom. The fourth-order valence-corrected chi connectivity index (χ4v) is 3.48. The van der Waals surface area contributed by atoms with Crippen molar-refractivity contribution in [1.29, 1.82) is 0 Å². The van der Waals surface area contributed by atoms with Crippen LogP contribution in [0.15, 0.2) is 12.1 Å². The maximum Gasteiger partial charge on any atom is 0.0813 e. The van der Waals surface area contributed by atoms with Crippen molar-refractivity contribution in [2.24, 2.45) is 5.92 Å². The molecule has 2 nitrogen and oxygen atoms in total. The highest BCUT2D eigenvalue weighted by Crippen LogP contribution is 2.27. The summed E-state index contributed by atoms with van der Waals surface area (Å²) in [6, 6.07) is 4.43.